The van der Waals surface area contributed by atoms with Gasteiger partial charge in [0.1, 0.15) is 12.4 Å². The van der Waals surface area contributed by atoms with Crippen LogP contribution < -0.4 is 0 Å². The van der Waals surface area contributed by atoms with Crippen LogP contribution in [0.15, 0.2) is 46.9 Å². The minimum Gasteiger partial charge on any atom is -0.453 e. The van der Waals surface area contributed by atoms with Crippen molar-refractivity contribution in [2.75, 3.05) is 13.1 Å². The molecule has 5 nitrogen and oxygen atoms in total. The van der Waals surface area contributed by atoms with Crippen LogP contribution in [0, 0.1) is 5.92 Å². The van der Waals surface area contributed by atoms with E-state index in [9.17, 15) is 9.90 Å². The summed E-state index contributed by atoms with van der Waals surface area (Å²) >= 11 is 0. The summed E-state index contributed by atoms with van der Waals surface area (Å²) in [7, 11) is 0. The van der Waals surface area contributed by atoms with E-state index in [0.29, 0.717) is 25.3 Å². The van der Waals surface area contributed by atoms with Gasteiger partial charge in [-0.1, -0.05) is 30.3 Å². The van der Waals surface area contributed by atoms with Gasteiger partial charge < -0.3 is 19.5 Å². The topological polar surface area (TPSA) is 73.9 Å². The first-order valence-corrected chi connectivity index (χ1v) is 8.38. The Labute approximate surface area is 141 Å². The van der Waals surface area contributed by atoms with Crippen molar-refractivity contribution in [1.29, 1.82) is 0 Å². The third-order valence-electron chi connectivity index (χ3n) is 4.69. The monoisotopic (exact) mass is 329 g/mol. The zero-order valence-corrected chi connectivity index (χ0v) is 13.6. The smallest absolute Gasteiger partial charge is 0.289 e. The number of carbonyl (C=O) groups is 1. The van der Waals surface area contributed by atoms with E-state index in [0.717, 1.165) is 18.4 Å². The maximum absolute atomic E-state index is 12.4. The van der Waals surface area contributed by atoms with Crippen LogP contribution in [0.25, 0.3) is 0 Å². The fourth-order valence-corrected chi connectivity index (χ4v) is 3.24. The van der Waals surface area contributed by atoms with E-state index >= 15 is 0 Å². The molecule has 24 heavy (non-hydrogen) atoms. The molecule has 0 spiro atoms. The molecule has 2 aromatic rings. The largest absolute Gasteiger partial charge is 0.453 e. The summed E-state index contributed by atoms with van der Waals surface area (Å²) in [5.74, 6) is 0.721. The number of hydrogen-bond acceptors (Lipinski definition) is 4. The Hall–Kier alpha value is -2.11. The zero-order valence-electron chi connectivity index (χ0n) is 13.6. The van der Waals surface area contributed by atoms with Crippen LogP contribution >= 0.6 is 0 Å². The number of aliphatic hydroxyl groups excluding tert-OH is 2. The standard InChI is InChI=1S/C19H23NO4/c21-13-16-6-7-18(24-16)19(23)20-10-8-15(9-11-20)17(22)12-14-4-2-1-3-5-14/h1-7,15,17,21-22H,8-13H2. The average Bonchev–Trinajstić information content (AvgIpc) is 3.11. The molecule has 1 aliphatic rings. The molecule has 1 fully saturated rings. The first-order valence-electron chi connectivity index (χ1n) is 8.38. The van der Waals surface area contributed by atoms with Gasteiger partial charge in [-0.05, 0) is 42.9 Å². The summed E-state index contributed by atoms with van der Waals surface area (Å²) in [5, 5.41) is 19.5. The van der Waals surface area contributed by atoms with Crippen LogP contribution in [0.4, 0.5) is 0 Å². The van der Waals surface area contributed by atoms with Gasteiger partial charge in [0.2, 0.25) is 0 Å². The van der Waals surface area contributed by atoms with Gasteiger partial charge >= 0.3 is 0 Å². The molecule has 0 radical (unpaired) electrons. The molecule has 5 heteroatoms. The van der Waals surface area contributed by atoms with E-state index in [1.54, 1.807) is 17.0 Å². The van der Waals surface area contributed by atoms with Crippen LogP contribution in [0.3, 0.4) is 0 Å². The van der Waals surface area contributed by atoms with E-state index in [1.807, 2.05) is 30.3 Å². The molecule has 1 unspecified atom stereocenters. The van der Waals surface area contributed by atoms with E-state index in [1.165, 1.54) is 0 Å². The summed E-state index contributed by atoms with van der Waals surface area (Å²) in [6, 6.07) is 13.2. The molecule has 1 amide bonds. The first kappa shape index (κ1) is 16.7. The Morgan fingerprint density at radius 1 is 1.17 bits per heavy atom. The van der Waals surface area contributed by atoms with Crippen molar-refractivity contribution in [2.45, 2.75) is 32.0 Å². The summed E-state index contributed by atoms with van der Waals surface area (Å²) in [4.78, 5) is 14.1. The summed E-state index contributed by atoms with van der Waals surface area (Å²) < 4.78 is 5.31. The second-order valence-corrected chi connectivity index (χ2v) is 6.31. The number of carbonyl (C=O) groups excluding carboxylic acids is 1. The minimum atomic E-state index is -0.380. The molecule has 2 heterocycles. The number of furan rings is 1. The van der Waals surface area contributed by atoms with Crippen molar-refractivity contribution < 1.29 is 19.4 Å². The van der Waals surface area contributed by atoms with Crippen LogP contribution in [0.2, 0.25) is 0 Å². The van der Waals surface area contributed by atoms with Gasteiger partial charge in [0.15, 0.2) is 5.76 Å². The fraction of sp³-hybridized carbons (Fsp3) is 0.421. The predicted octanol–water partition coefficient (Wildman–Crippen LogP) is 2.23. The summed E-state index contributed by atoms with van der Waals surface area (Å²) in [6.07, 6.45) is 1.84. The summed E-state index contributed by atoms with van der Waals surface area (Å²) in [5.41, 5.74) is 1.13. The molecule has 1 saturated heterocycles. The normalized spacial score (nSPS) is 17.0. The number of likely N-dealkylation sites (tertiary alicyclic amines) is 1. The second-order valence-electron chi connectivity index (χ2n) is 6.31. The fourth-order valence-electron chi connectivity index (χ4n) is 3.24. The average molecular weight is 329 g/mol. The number of amides is 1. The Bertz CT molecular complexity index is 659. The van der Waals surface area contributed by atoms with Crippen LogP contribution in [-0.4, -0.2) is 40.2 Å². The number of hydrogen-bond donors (Lipinski definition) is 2. The molecule has 0 saturated carbocycles. The van der Waals surface area contributed by atoms with Crippen LogP contribution in [-0.2, 0) is 13.0 Å². The Morgan fingerprint density at radius 2 is 1.88 bits per heavy atom. The molecule has 1 atom stereocenters. The van der Waals surface area contributed by atoms with Gasteiger partial charge in [-0.3, -0.25) is 4.79 Å². The molecule has 3 rings (SSSR count). The van der Waals surface area contributed by atoms with Gasteiger partial charge in [-0.25, -0.2) is 0 Å². The van der Waals surface area contributed by atoms with Gasteiger partial charge in [0.25, 0.3) is 5.91 Å². The number of rotatable bonds is 5. The molecular weight excluding hydrogens is 306 g/mol. The van der Waals surface area contributed by atoms with Crippen molar-refractivity contribution in [3.8, 4) is 0 Å². The van der Waals surface area contributed by atoms with E-state index in [-0.39, 0.29) is 30.3 Å². The molecule has 1 aromatic carbocycles. The molecule has 2 N–H and O–H groups in total. The van der Waals surface area contributed by atoms with Gasteiger partial charge in [-0.15, -0.1) is 0 Å². The first-order chi connectivity index (χ1) is 11.7. The lowest BCUT2D eigenvalue weighted by Crippen LogP contribution is -2.41. The maximum atomic E-state index is 12.4. The summed E-state index contributed by atoms with van der Waals surface area (Å²) in [6.45, 7) is 1.02. The Morgan fingerprint density at radius 3 is 2.50 bits per heavy atom. The minimum absolute atomic E-state index is 0.148. The Kier molecular flexibility index (Phi) is 5.33. The molecule has 128 valence electrons. The molecule has 1 aliphatic heterocycles. The predicted molar refractivity (Wildman–Crippen MR) is 89.4 cm³/mol. The Balaban J connectivity index is 1.52. The van der Waals surface area contributed by atoms with Gasteiger partial charge in [0.05, 0.1) is 6.10 Å². The van der Waals surface area contributed by atoms with E-state index < -0.39 is 0 Å². The quantitative estimate of drug-likeness (QED) is 0.882. The highest BCUT2D eigenvalue weighted by Gasteiger charge is 2.29. The lowest BCUT2D eigenvalue weighted by atomic mass is 9.88. The number of piperidine rings is 1. The molecule has 0 aliphatic carbocycles. The number of nitrogens with zero attached hydrogens (tertiary/aromatic N) is 1. The van der Waals surface area contributed by atoms with Crippen molar-refractivity contribution in [2.24, 2.45) is 5.92 Å². The third kappa shape index (κ3) is 3.86. The zero-order chi connectivity index (χ0) is 16.9. The molecule has 0 bridgehead atoms. The highest BCUT2D eigenvalue weighted by molar-refractivity contribution is 5.91. The van der Waals surface area contributed by atoms with Crippen molar-refractivity contribution in [3.05, 3.63) is 59.5 Å². The van der Waals surface area contributed by atoms with Crippen LogP contribution in [0.5, 0.6) is 0 Å². The highest BCUT2D eigenvalue weighted by atomic mass is 16.4. The SMILES string of the molecule is O=C(c1ccc(CO)o1)N1CCC(C(O)Cc2ccccc2)CC1. The number of aliphatic hydroxyl groups is 2. The van der Waals surface area contributed by atoms with E-state index in [4.69, 9.17) is 9.52 Å². The lowest BCUT2D eigenvalue weighted by molar-refractivity contribution is 0.0445. The number of benzene rings is 1. The molecule has 1 aromatic heterocycles. The van der Waals surface area contributed by atoms with Crippen molar-refractivity contribution >= 4 is 5.91 Å². The van der Waals surface area contributed by atoms with E-state index in [2.05, 4.69) is 0 Å². The van der Waals surface area contributed by atoms with Crippen molar-refractivity contribution in [3.63, 3.8) is 0 Å². The molecular formula is C19H23NO4. The van der Waals surface area contributed by atoms with Gasteiger partial charge in [0, 0.05) is 13.1 Å². The van der Waals surface area contributed by atoms with Gasteiger partial charge in [-0.2, -0.15) is 0 Å². The lowest BCUT2D eigenvalue weighted by Gasteiger charge is -2.34. The van der Waals surface area contributed by atoms with Crippen molar-refractivity contribution in [1.82, 2.24) is 4.90 Å². The highest BCUT2D eigenvalue weighted by Crippen LogP contribution is 2.24. The van der Waals surface area contributed by atoms with Crippen LogP contribution in [0.1, 0.15) is 34.7 Å². The maximum Gasteiger partial charge on any atom is 0.289 e. The second kappa shape index (κ2) is 7.64. The third-order valence-corrected chi connectivity index (χ3v) is 4.69.